The van der Waals surface area contributed by atoms with Gasteiger partial charge < -0.3 is 58.9 Å². The average Bonchev–Trinajstić information content (AvgIpc) is 3.06. The molecule has 14 heteroatoms. The van der Waals surface area contributed by atoms with Crippen molar-refractivity contribution >= 4 is 11.8 Å². The van der Waals surface area contributed by atoms with Gasteiger partial charge in [-0.25, -0.2) is 0 Å². The molecule has 0 aromatic heterocycles. The van der Waals surface area contributed by atoms with E-state index in [1.165, 1.54) is 21.0 Å². The fourth-order valence-electron chi connectivity index (χ4n) is 8.35. The van der Waals surface area contributed by atoms with E-state index in [1.54, 1.807) is 48.5 Å². The van der Waals surface area contributed by atoms with Gasteiger partial charge >= 0.3 is 5.97 Å². The summed E-state index contributed by atoms with van der Waals surface area (Å²) in [6.45, 7) is 16.4. The minimum absolute atomic E-state index is 0.0716. The molecule has 0 aromatic carbocycles. The highest BCUT2D eigenvalue weighted by Gasteiger charge is 2.53. The Bertz CT molecular complexity index is 1170. The van der Waals surface area contributed by atoms with E-state index in [0.29, 0.717) is 6.42 Å². The zero-order chi connectivity index (χ0) is 39.0. The molecule has 0 spiro atoms. The number of nitrogens with zero attached hydrogens (tertiary/aromatic N) is 1. The number of aliphatic hydroxyl groups is 5. The summed E-state index contributed by atoms with van der Waals surface area (Å²) in [5.74, 6) is -5.01. The van der Waals surface area contributed by atoms with Crippen molar-refractivity contribution in [2.24, 2.45) is 23.7 Å². The molecule has 3 aliphatic heterocycles. The Balaban J connectivity index is 2.15. The van der Waals surface area contributed by atoms with Gasteiger partial charge in [0.1, 0.15) is 29.7 Å². The van der Waals surface area contributed by atoms with Gasteiger partial charge in [0.25, 0.3) is 0 Å². The number of rotatable bonds is 7. The number of hydrogen-bond donors (Lipinski definition) is 5. The van der Waals surface area contributed by atoms with Crippen LogP contribution in [0.2, 0.25) is 0 Å². The van der Waals surface area contributed by atoms with Crippen molar-refractivity contribution in [1.82, 2.24) is 4.90 Å². The van der Waals surface area contributed by atoms with Crippen LogP contribution in [0.5, 0.6) is 0 Å². The van der Waals surface area contributed by atoms with E-state index in [9.17, 15) is 35.1 Å². The van der Waals surface area contributed by atoms with Crippen LogP contribution in [-0.2, 0) is 38.0 Å². The van der Waals surface area contributed by atoms with Gasteiger partial charge in [-0.15, -0.1) is 0 Å². The molecule has 51 heavy (non-hydrogen) atoms. The molecular weight excluding hydrogens is 666 g/mol. The first-order valence-corrected chi connectivity index (χ1v) is 18.5. The summed E-state index contributed by atoms with van der Waals surface area (Å²) in [4.78, 5) is 29.8. The fourth-order valence-corrected chi connectivity index (χ4v) is 8.35. The number of carbonyl (C=O) groups excluding carboxylic acids is 2. The smallest absolute Gasteiger partial charge is 0.311 e. The second-order valence-corrected chi connectivity index (χ2v) is 16.4. The van der Waals surface area contributed by atoms with Crippen LogP contribution in [0, 0.1) is 23.7 Å². The van der Waals surface area contributed by atoms with Crippen molar-refractivity contribution < 1.29 is 63.5 Å². The number of Topliss-reactive ketones (excluding diaryl/α,β-unsaturated/α-hetero) is 1. The minimum Gasteiger partial charge on any atom is -0.459 e. The van der Waals surface area contributed by atoms with Crippen molar-refractivity contribution in [3.63, 3.8) is 0 Å². The van der Waals surface area contributed by atoms with Gasteiger partial charge in [-0.05, 0) is 74.9 Å². The predicted molar refractivity (Wildman–Crippen MR) is 186 cm³/mol. The van der Waals surface area contributed by atoms with Crippen LogP contribution in [0.3, 0.4) is 0 Å². The van der Waals surface area contributed by atoms with E-state index in [1.807, 2.05) is 25.9 Å². The quantitative estimate of drug-likeness (QED) is 0.238. The predicted octanol–water partition coefficient (Wildman–Crippen LogP) is 1.79. The molecule has 3 saturated heterocycles. The number of methoxy groups -OCH3 is 1. The molecule has 0 aromatic rings. The van der Waals surface area contributed by atoms with Crippen LogP contribution in [0.4, 0.5) is 0 Å². The highest BCUT2D eigenvalue weighted by Crippen LogP contribution is 2.41. The average molecular weight is 734 g/mol. The number of esters is 1. The first kappa shape index (κ1) is 44.1. The van der Waals surface area contributed by atoms with Crippen molar-refractivity contribution in [1.29, 1.82) is 0 Å². The van der Waals surface area contributed by atoms with Crippen LogP contribution in [0.25, 0.3) is 0 Å². The Kier molecular flexibility index (Phi) is 14.7. The molecule has 14 nitrogen and oxygen atoms in total. The summed E-state index contributed by atoms with van der Waals surface area (Å²) in [5.41, 5.74) is -4.63. The van der Waals surface area contributed by atoms with Gasteiger partial charge in [0, 0.05) is 37.3 Å². The van der Waals surface area contributed by atoms with E-state index < -0.39 is 108 Å². The Labute approximate surface area is 304 Å². The highest BCUT2D eigenvalue weighted by atomic mass is 16.7. The largest absolute Gasteiger partial charge is 0.459 e. The molecule has 0 aliphatic carbocycles. The van der Waals surface area contributed by atoms with Gasteiger partial charge in [0.2, 0.25) is 0 Å². The fraction of sp³-hybridized carbons (Fsp3) is 0.946. The lowest BCUT2D eigenvalue weighted by molar-refractivity contribution is -0.318. The van der Waals surface area contributed by atoms with Gasteiger partial charge in [-0.2, -0.15) is 0 Å². The van der Waals surface area contributed by atoms with E-state index in [0.717, 1.165) is 0 Å². The Morgan fingerprint density at radius 2 is 1.47 bits per heavy atom. The zero-order valence-corrected chi connectivity index (χ0v) is 32.9. The van der Waals surface area contributed by atoms with Crippen LogP contribution in [0.15, 0.2) is 0 Å². The Morgan fingerprint density at radius 3 is 2.02 bits per heavy atom. The maximum absolute atomic E-state index is 14.0. The Morgan fingerprint density at radius 1 is 0.863 bits per heavy atom. The summed E-state index contributed by atoms with van der Waals surface area (Å²) in [6.07, 6.45) is -9.85. The normalized spacial score (nSPS) is 49.7. The SMILES string of the molecule is CC[C@@H]1OC(=O)[C@@H](C)[C@H](O[C@H]2C[C@@](C)(OC)[C@@H](O)[C@H](C)O2)[C@@H](C)[C@H](O)[C@@](C)(O[C@@H]2O[C@H](C)C[C@H](N(C)C)[C@H]2O)C[C@H](C)C(=O)[C@@H](C)[C@H](O)[C@@]1(C)O. The first-order chi connectivity index (χ1) is 23.4. The number of carbonyl (C=O) groups is 2. The van der Waals surface area contributed by atoms with Gasteiger partial charge in [0.05, 0.1) is 47.6 Å². The number of ether oxygens (including phenoxy) is 6. The minimum atomic E-state index is -2.00. The molecule has 3 rings (SSSR count). The molecule has 0 amide bonds. The van der Waals surface area contributed by atoms with Crippen molar-refractivity contribution in [3.8, 4) is 0 Å². The zero-order valence-electron chi connectivity index (χ0n) is 32.9. The van der Waals surface area contributed by atoms with E-state index in [-0.39, 0.29) is 31.4 Å². The van der Waals surface area contributed by atoms with Crippen molar-refractivity contribution in [2.45, 2.75) is 179 Å². The summed E-state index contributed by atoms with van der Waals surface area (Å²) < 4.78 is 36.8. The molecule has 298 valence electrons. The van der Waals surface area contributed by atoms with Crippen molar-refractivity contribution in [3.05, 3.63) is 0 Å². The lowest BCUT2D eigenvalue weighted by atomic mass is 9.74. The van der Waals surface area contributed by atoms with E-state index in [4.69, 9.17) is 28.4 Å². The Hall–Kier alpha value is -1.30. The third-order valence-electron chi connectivity index (χ3n) is 12.0. The third kappa shape index (κ3) is 9.33. The van der Waals surface area contributed by atoms with E-state index >= 15 is 0 Å². The molecule has 0 saturated carbocycles. The van der Waals surface area contributed by atoms with Crippen LogP contribution in [0.1, 0.15) is 94.9 Å². The van der Waals surface area contributed by atoms with Gasteiger partial charge in [0.15, 0.2) is 12.6 Å². The van der Waals surface area contributed by atoms with Crippen LogP contribution < -0.4 is 0 Å². The van der Waals surface area contributed by atoms with Gasteiger partial charge in [-0.3, -0.25) is 9.59 Å². The number of hydrogen-bond acceptors (Lipinski definition) is 14. The summed E-state index contributed by atoms with van der Waals surface area (Å²) in [6, 6.07) is -0.319. The maximum Gasteiger partial charge on any atom is 0.311 e. The monoisotopic (exact) mass is 733 g/mol. The molecule has 18 atom stereocenters. The second kappa shape index (κ2) is 17.0. The summed E-state index contributed by atoms with van der Waals surface area (Å²) in [5, 5.41) is 57.7. The topological polar surface area (TPSA) is 194 Å². The lowest BCUT2D eigenvalue weighted by Crippen LogP contribution is -2.61. The van der Waals surface area contributed by atoms with Crippen LogP contribution >= 0.6 is 0 Å². The molecule has 5 N–H and O–H groups in total. The van der Waals surface area contributed by atoms with E-state index in [2.05, 4.69) is 0 Å². The maximum atomic E-state index is 14.0. The molecule has 0 unspecified atom stereocenters. The molecule has 3 heterocycles. The molecular formula is C37H67NO13. The van der Waals surface area contributed by atoms with Crippen molar-refractivity contribution in [2.75, 3.05) is 21.2 Å². The van der Waals surface area contributed by atoms with Crippen LogP contribution in [-0.4, -0.2) is 148 Å². The summed E-state index contributed by atoms with van der Waals surface area (Å²) in [7, 11) is 5.17. The molecule has 3 aliphatic rings. The standard InChI is InChI=1S/C37H67NO13/c1-14-25-37(10,45)31(42)20(4)27(39)18(2)16-36(9,51-34-28(40)24(38(11)12)15-19(3)47-34)30(41)21(5)29(22(6)33(44)49-25)50-26-17-35(8,46-13)32(43)23(7)48-26/h18-26,28-32,34,40-43,45H,14-17H2,1-13H3/t18-,19+,20+,21+,22-,23-,24-,25-,26-,28+,29+,30-,31-,32-,34-,35+,36-,37-/m0/s1. The third-order valence-corrected chi connectivity index (χ3v) is 12.0. The van der Waals surface area contributed by atoms with Gasteiger partial charge in [-0.1, -0.05) is 27.7 Å². The first-order valence-electron chi connectivity index (χ1n) is 18.5. The second-order valence-electron chi connectivity index (χ2n) is 16.4. The number of ketones is 1. The number of likely N-dealkylation sites (N-methyl/N-ethyl adjacent to an activating group) is 1. The highest BCUT2D eigenvalue weighted by molar-refractivity contribution is 5.83. The summed E-state index contributed by atoms with van der Waals surface area (Å²) >= 11 is 0. The number of aliphatic hydroxyl groups excluding tert-OH is 4. The molecule has 0 bridgehead atoms. The lowest BCUT2D eigenvalue weighted by Gasteiger charge is -2.49. The molecule has 3 fully saturated rings. The number of cyclic esters (lactones) is 1. The molecule has 0 radical (unpaired) electrons.